The zero-order chi connectivity index (χ0) is 10.7. The number of hydrogen-bond donors (Lipinski definition) is 1. The molecule has 2 N–H and O–H groups in total. The van der Waals surface area contributed by atoms with Gasteiger partial charge in [-0.25, -0.2) is 4.21 Å². The fourth-order valence-electron chi connectivity index (χ4n) is 0.821. The first-order valence-corrected chi connectivity index (χ1v) is 4.32. The van der Waals surface area contributed by atoms with Gasteiger partial charge in [0.1, 0.15) is 11.4 Å². The van der Waals surface area contributed by atoms with Crippen LogP contribution in [0.5, 0.6) is 5.75 Å². The predicted molar refractivity (Wildman–Crippen MR) is 47.1 cm³/mol. The van der Waals surface area contributed by atoms with Crippen molar-refractivity contribution in [2.75, 3.05) is 5.73 Å². The Hall–Kier alpha value is -1.67. The van der Waals surface area contributed by atoms with Crippen LogP contribution in [-0.4, -0.2) is 13.7 Å². The molecule has 0 heterocycles. The van der Waals surface area contributed by atoms with E-state index >= 15 is 0 Å². The van der Waals surface area contributed by atoms with E-state index in [4.69, 9.17) is 5.73 Å². The maximum atomic E-state index is 10.4. The standard InChI is InChI=1S/C6H6N2O5S/c7-4-1-2-6(13-14(11)12)5(3-4)8(9)10/h1-3H,7H2,(H,11,12)/p-1. The molecular formula is C6H5N2O5S-. The molecule has 0 amide bonds. The summed E-state index contributed by atoms with van der Waals surface area (Å²) in [6.45, 7) is 0. The number of nitrogens with two attached hydrogens (primary N) is 1. The van der Waals surface area contributed by atoms with Crippen molar-refractivity contribution in [2.45, 2.75) is 0 Å². The summed E-state index contributed by atoms with van der Waals surface area (Å²) in [7, 11) is 0. The van der Waals surface area contributed by atoms with E-state index in [1.54, 1.807) is 0 Å². The fourth-order valence-corrected chi connectivity index (χ4v) is 1.11. The Balaban J connectivity index is 3.14. The molecule has 76 valence electrons. The molecule has 7 nitrogen and oxygen atoms in total. The molecule has 0 aliphatic carbocycles. The normalized spacial score (nSPS) is 12.1. The molecule has 0 spiro atoms. The van der Waals surface area contributed by atoms with Gasteiger partial charge in [-0.05, 0) is 12.1 Å². The predicted octanol–water partition coefficient (Wildman–Crippen LogP) is 0.350. The lowest BCUT2D eigenvalue weighted by Gasteiger charge is -2.07. The van der Waals surface area contributed by atoms with Gasteiger partial charge in [-0.15, -0.1) is 0 Å². The van der Waals surface area contributed by atoms with Crippen LogP contribution < -0.4 is 9.92 Å². The van der Waals surface area contributed by atoms with Crippen molar-refractivity contribution in [1.29, 1.82) is 0 Å². The Bertz CT molecular complexity index is 394. The van der Waals surface area contributed by atoms with Crippen molar-refractivity contribution < 1.29 is 17.9 Å². The molecule has 0 fully saturated rings. The van der Waals surface area contributed by atoms with Gasteiger partial charge in [-0.3, -0.25) is 10.1 Å². The maximum absolute atomic E-state index is 10.4. The third-order valence-corrected chi connectivity index (χ3v) is 1.65. The third kappa shape index (κ3) is 2.41. The Morgan fingerprint density at radius 1 is 1.50 bits per heavy atom. The van der Waals surface area contributed by atoms with Crippen LogP contribution in [0.2, 0.25) is 0 Å². The summed E-state index contributed by atoms with van der Waals surface area (Å²) in [6, 6.07) is 3.43. The molecule has 1 aromatic rings. The molecule has 14 heavy (non-hydrogen) atoms. The molecule has 0 aromatic heterocycles. The zero-order valence-corrected chi connectivity index (χ0v) is 7.52. The SMILES string of the molecule is Nc1ccc(OS(=O)[O-])c([N+](=O)[O-])c1. The maximum Gasteiger partial charge on any atom is 0.314 e. The smallest absolute Gasteiger partial charge is 0.314 e. The van der Waals surface area contributed by atoms with E-state index in [0.29, 0.717) is 0 Å². The Morgan fingerprint density at radius 3 is 2.64 bits per heavy atom. The molecule has 0 aliphatic heterocycles. The van der Waals surface area contributed by atoms with Gasteiger partial charge in [0, 0.05) is 11.8 Å². The first-order chi connectivity index (χ1) is 6.50. The highest BCUT2D eigenvalue weighted by atomic mass is 32.2. The molecule has 0 radical (unpaired) electrons. The number of rotatable bonds is 3. The summed E-state index contributed by atoms with van der Waals surface area (Å²) in [5, 5.41) is 10.4. The van der Waals surface area contributed by atoms with Gasteiger partial charge >= 0.3 is 5.69 Å². The number of nitrogen functional groups attached to an aromatic ring is 1. The fraction of sp³-hybridized carbons (Fsp3) is 0. The second-order valence-corrected chi connectivity index (χ2v) is 2.85. The van der Waals surface area contributed by atoms with Gasteiger partial charge in [0.25, 0.3) is 0 Å². The molecular weight excluding hydrogens is 212 g/mol. The van der Waals surface area contributed by atoms with Crippen molar-refractivity contribution in [2.24, 2.45) is 0 Å². The molecule has 0 saturated carbocycles. The van der Waals surface area contributed by atoms with Crippen LogP contribution in [-0.2, 0) is 11.4 Å². The van der Waals surface area contributed by atoms with E-state index in [1.807, 2.05) is 0 Å². The minimum atomic E-state index is -2.85. The second-order valence-electron chi connectivity index (χ2n) is 2.27. The highest BCUT2D eigenvalue weighted by Crippen LogP contribution is 2.29. The number of nitrogens with zero attached hydrogens (tertiary/aromatic N) is 1. The zero-order valence-electron chi connectivity index (χ0n) is 6.71. The van der Waals surface area contributed by atoms with Crippen molar-refractivity contribution in [3.63, 3.8) is 0 Å². The molecule has 1 aromatic carbocycles. The number of nitro benzene ring substituents is 1. The Labute approximate surface area is 81.1 Å². The average molecular weight is 217 g/mol. The Kier molecular flexibility index (Phi) is 2.99. The van der Waals surface area contributed by atoms with Gasteiger partial charge in [0.2, 0.25) is 5.75 Å². The summed E-state index contributed by atoms with van der Waals surface area (Å²) in [4.78, 5) is 9.65. The van der Waals surface area contributed by atoms with Gasteiger partial charge in [0.15, 0.2) is 0 Å². The minimum absolute atomic E-state index is 0.153. The highest BCUT2D eigenvalue weighted by Gasteiger charge is 2.15. The Morgan fingerprint density at radius 2 is 2.14 bits per heavy atom. The van der Waals surface area contributed by atoms with E-state index in [1.165, 1.54) is 6.07 Å². The van der Waals surface area contributed by atoms with Gasteiger partial charge in [0.05, 0.1) is 4.92 Å². The molecule has 8 heteroatoms. The summed E-state index contributed by atoms with van der Waals surface area (Å²) in [6.07, 6.45) is 0. The van der Waals surface area contributed by atoms with Crippen molar-refractivity contribution in [1.82, 2.24) is 0 Å². The van der Waals surface area contributed by atoms with Crippen LogP contribution in [0.15, 0.2) is 18.2 Å². The largest absolute Gasteiger partial charge is 0.740 e. The van der Waals surface area contributed by atoms with Gasteiger partial charge in [-0.2, -0.15) is 0 Å². The molecule has 1 atom stereocenters. The molecule has 0 bridgehead atoms. The van der Waals surface area contributed by atoms with E-state index in [2.05, 4.69) is 4.18 Å². The lowest BCUT2D eigenvalue weighted by Crippen LogP contribution is -2.01. The van der Waals surface area contributed by atoms with Crippen LogP contribution in [0.4, 0.5) is 11.4 Å². The van der Waals surface area contributed by atoms with E-state index in [9.17, 15) is 18.9 Å². The van der Waals surface area contributed by atoms with Crippen LogP contribution in [0, 0.1) is 10.1 Å². The van der Waals surface area contributed by atoms with Gasteiger partial charge in [-0.1, -0.05) is 0 Å². The third-order valence-electron chi connectivity index (χ3n) is 1.34. The minimum Gasteiger partial charge on any atom is -0.740 e. The molecule has 0 saturated heterocycles. The number of anilines is 1. The lowest BCUT2D eigenvalue weighted by molar-refractivity contribution is -0.385. The number of hydrogen-bond acceptors (Lipinski definition) is 6. The summed E-state index contributed by atoms with van der Waals surface area (Å²) < 4.78 is 24.5. The topological polar surface area (TPSA) is 119 Å². The van der Waals surface area contributed by atoms with E-state index in [0.717, 1.165) is 12.1 Å². The monoisotopic (exact) mass is 217 g/mol. The van der Waals surface area contributed by atoms with Crippen molar-refractivity contribution in [3.8, 4) is 5.75 Å². The van der Waals surface area contributed by atoms with E-state index < -0.39 is 22.0 Å². The number of benzene rings is 1. The summed E-state index contributed by atoms with van der Waals surface area (Å²) in [5.74, 6) is -0.363. The van der Waals surface area contributed by atoms with Crippen LogP contribution >= 0.6 is 0 Å². The lowest BCUT2D eigenvalue weighted by atomic mass is 10.2. The summed E-state index contributed by atoms with van der Waals surface area (Å²) in [5.41, 5.74) is 4.94. The molecule has 1 unspecified atom stereocenters. The van der Waals surface area contributed by atoms with Crippen molar-refractivity contribution >= 4 is 22.7 Å². The second kappa shape index (κ2) is 4.03. The van der Waals surface area contributed by atoms with Crippen LogP contribution in [0.1, 0.15) is 0 Å². The van der Waals surface area contributed by atoms with E-state index in [-0.39, 0.29) is 11.4 Å². The highest BCUT2D eigenvalue weighted by molar-refractivity contribution is 7.74. The average Bonchev–Trinajstić information content (AvgIpc) is 2.07. The van der Waals surface area contributed by atoms with Crippen LogP contribution in [0.25, 0.3) is 0 Å². The van der Waals surface area contributed by atoms with Crippen LogP contribution in [0.3, 0.4) is 0 Å². The molecule has 0 aliphatic rings. The first kappa shape index (κ1) is 10.4. The quantitative estimate of drug-likeness (QED) is 0.337. The van der Waals surface area contributed by atoms with Crippen molar-refractivity contribution in [3.05, 3.63) is 28.3 Å². The van der Waals surface area contributed by atoms with Gasteiger partial charge < -0.3 is 14.5 Å². The first-order valence-electron chi connectivity index (χ1n) is 3.32. The number of nitro groups is 1. The molecule has 1 rings (SSSR count). The summed E-state index contributed by atoms with van der Waals surface area (Å²) >= 11 is -2.85.